The summed E-state index contributed by atoms with van der Waals surface area (Å²) in [5.41, 5.74) is 13.3. The fourth-order valence-electron chi connectivity index (χ4n) is 7.35. The third kappa shape index (κ3) is 4.52. The number of fused-ring (bicyclic) bond motifs is 3. The molecule has 8 rings (SSSR count). The zero-order chi connectivity index (χ0) is 29.6. The largest absolute Gasteiger partial charge is 0.264 e. The first-order chi connectivity index (χ1) is 21.7. The molecule has 2 aliphatic rings. The van der Waals surface area contributed by atoms with Gasteiger partial charge in [0.2, 0.25) is 0 Å². The molecule has 0 amide bonds. The molecule has 1 aromatic heterocycles. The second-order valence-corrected chi connectivity index (χ2v) is 12.4. The summed E-state index contributed by atoms with van der Waals surface area (Å²) in [6, 6.07) is 34.1. The van der Waals surface area contributed by atoms with Crippen LogP contribution < -0.4 is 0 Å². The zero-order valence-electron chi connectivity index (χ0n) is 25.4. The predicted octanol–water partition coefficient (Wildman–Crippen LogP) is 11.9. The van der Waals surface area contributed by atoms with Crippen molar-refractivity contribution in [2.75, 3.05) is 0 Å². The highest BCUT2D eigenvalue weighted by Gasteiger charge is 2.21. The molecular formula is C43H35N. The van der Waals surface area contributed by atoms with E-state index in [4.69, 9.17) is 0 Å². The molecule has 1 heterocycles. The molecule has 0 spiro atoms. The van der Waals surface area contributed by atoms with Gasteiger partial charge in [0.1, 0.15) is 0 Å². The Morgan fingerprint density at radius 1 is 0.545 bits per heavy atom. The minimum Gasteiger partial charge on any atom is -0.264 e. The monoisotopic (exact) mass is 565 g/mol. The Hall–Kier alpha value is -5.01. The van der Waals surface area contributed by atoms with Crippen molar-refractivity contribution in [3.8, 4) is 11.1 Å². The van der Waals surface area contributed by atoms with E-state index in [0.717, 1.165) is 25.7 Å². The van der Waals surface area contributed by atoms with Crippen molar-refractivity contribution in [3.05, 3.63) is 156 Å². The Balaban J connectivity index is 1.39. The van der Waals surface area contributed by atoms with Crippen molar-refractivity contribution in [1.82, 2.24) is 4.98 Å². The van der Waals surface area contributed by atoms with Crippen molar-refractivity contribution in [2.45, 2.75) is 39.5 Å². The molecule has 0 radical (unpaired) electrons. The van der Waals surface area contributed by atoms with Crippen LogP contribution in [0.5, 0.6) is 0 Å². The molecule has 0 unspecified atom stereocenters. The van der Waals surface area contributed by atoms with Crippen LogP contribution in [0.2, 0.25) is 0 Å². The topological polar surface area (TPSA) is 12.9 Å². The molecule has 5 aromatic carbocycles. The van der Waals surface area contributed by atoms with E-state index in [9.17, 15) is 0 Å². The van der Waals surface area contributed by atoms with E-state index in [0.29, 0.717) is 0 Å². The zero-order valence-corrected chi connectivity index (χ0v) is 25.4. The highest BCUT2D eigenvalue weighted by Crippen LogP contribution is 2.46. The Labute approximate surface area is 259 Å². The van der Waals surface area contributed by atoms with Crippen LogP contribution in [-0.2, 0) is 0 Å². The summed E-state index contributed by atoms with van der Waals surface area (Å²) in [6.07, 6.45) is 17.6. The van der Waals surface area contributed by atoms with E-state index >= 15 is 0 Å². The molecule has 0 bridgehead atoms. The Morgan fingerprint density at radius 2 is 1.18 bits per heavy atom. The average molecular weight is 566 g/mol. The molecule has 0 saturated carbocycles. The SMILES string of the molecule is CC1=CC=C(c2cccc3c(-c4c5ccccc5c(C5=CC(c6cncc(C)c6)=CCC5)c5ccccc45)cccc23)CC1. The third-order valence-corrected chi connectivity index (χ3v) is 9.46. The summed E-state index contributed by atoms with van der Waals surface area (Å²) in [6.45, 7) is 4.35. The van der Waals surface area contributed by atoms with Gasteiger partial charge in [-0.15, -0.1) is 0 Å². The minimum absolute atomic E-state index is 1.02. The maximum atomic E-state index is 4.49. The standard InChI is InChI=1S/C43H35N/c1-28-20-22-30(23-21-28)34-16-8-18-36-35(34)17-9-19-37(36)43-40-14-5-3-12-38(40)42(39-13-4-6-15-41(39)43)32-11-7-10-31(25-32)33-24-29(2)26-44-27-33/h3-6,8-10,12-20,22,24-27H,7,11,21,23H2,1-2H3. The van der Waals surface area contributed by atoms with Gasteiger partial charge in [-0.2, -0.15) is 0 Å². The Morgan fingerprint density at radius 3 is 1.84 bits per heavy atom. The normalized spacial score (nSPS) is 15.2. The van der Waals surface area contributed by atoms with Crippen molar-refractivity contribution >= 4 is 49.0 Å². The van der Waals surface area contributed by atoms with Gasteiger partial charge in [-0.1, -0.05) is 115 Å². The van der Waals surface area contributed by atoms with Gasteiger partial charge >= 0.3 is 0 Å². The van der Waals surface area contributed by atoms with E-state index in [-0.39, 0.29) is 0 Å². The molecule has 1 heteroatoms. The van der Waals surface area contributed by atoms with Crippen LogP contribution in [0.4, 0.5) is 0 Å². The number of aromatic nitrogens is 1. The lowest BCUT2D eigenvalue weighted by Gasteiger charge is -2.22. The molecule has 0 fully saturated rings. The van der Waals surface area contributed by atoms with E-state index in [1.54, 1.807) is 0 Å². The van der Waals surface area contributed by atoms with Crippen LogP contribution in [0.3, 0.4) is 0 Å². The minimum atomic E-state index is 1.02. The Kier molecular flexibility index (Phi) is 6.60. The van der Waals surface area contributed by atoms with Gasteiger partial charge in [-0.25, -0.2) is 0 Å². The van der Waals surface area contributed by atoms with Crippen molar-refractivity contribution < 1.29 is 0 Å². The molecule has 0 saturated heterocycles. The molecule has 0 aliphatic heterocycles. The number of pyridine rings is 1. The molecule has 2 aliphatic carbocycles. The molecule has 44 heavy (non-hydrogen) atoms. The number of hydrogen-bond acceptors (Lipinski definition) is 1. The summed E-state index contributed by atoms with van der Waals surface area (Å²) in [4.78, 5) is 4.49. The summed E-state index contributed by atoms with van der Waals surface area (Å²) in [5, 5.41) is 7.90. The second kappa shape index (κ2) is 10.9. The van der Waals surface area contributed by atoms with Crippen molar-refractivity contribution in [1.29, 1.82) is 0 Å². The van der Waals surface area contributed by atoms with Crippen LogP contribution in [-0.4, -0.2) is 4.98 Å². The van der Waals surface area contributed by atoms with Crippen molar-refractivity contribution in [3.63, 3.8) is 0 Å². The third-order valence-electron chi connectivity index (χ3n) is 9.46. The van der Waals surface area contributed by atoms with E-state index in [2.05, 4.69) is 134 Å². The fourth-order valence-corrected chi connectivity index (χ4v) is 7.35. The van der Waals surface area contributed by atoms with Gasteiger partial charge in [0.25, 0.3) is 0 Å². The molecular weight excluding hydrogens is 530 g/mol. The molecule has 0 atom stereocenters. The van der Waals surface area contributed by atoms with Crippen LogP contribution in [0.15, 0.2) is 133 Å². The van der Waals surface area contributed by atoms with Gasteiger partial charge in [0.15, 0.2) is 0 Å². The number of nitrogens with zero attached hydrogens (tertiary/aromatic N) is 1. The highest BCUT2D eigenvalue weighted by molar-refractivity contribution is 6.22. The molecule has 6 aromatic rings. The number of rotatable bonds is 4. The number of aryl methyl sites for hydroxylation is 1. The summed E-state index contributed by atoms with van der Waals surface area (Å²) >= 11 is 0. The summed E-state index contributed by atoms with van der Waals surface area (Å²) in [7, 11) is 0. The lowest BCUT2D eigenvalue weighted by Crippen LogP contribution is -1.98. The molecule has 0 N–H and O–H groups in total. The van der Waals surface area contributed by atoms with Gasteiger partial charge in [0, 0.05) is 12.4 Å². The maximum absolute atomic E-state index is 4.49. The summed E-state index contributed by atoms with van der Waals surface area (Å²) < 4.78 is 0. The van der Waals surface area contributed by atoms with E-state index in [1.807, 2.05) is 12.4 Å². The van der Waals surface area contributed by atoms with Gasteiger partial charge in [0.05, 0.1) is 0 Å². The van der Waals surface area contributed by atoms with Crippen molar-refractivity contribution in [2.24, 2.45) is 0 Å². The van der Waals surface area contributed by atoms with Gasteiger partial charge in [-0.05, 0) is 128 Å². The first-order valence-corrected chi connectivity index (χ1v) is 15.8. The predicted molar refractivity (Wildman–Crippen MR) is 190 cm³/mol. The maximum Gasteiger partial charge on any atom is 0.0346 e. The first-order valence-electron chi connectivity index (χ1n) is 15.8. The Bertz CT molecular complexity index is 2180. The highest BCUT2D eigenvalue weighted by atomic mass is 14.6. The van der Waals surface area contributed by atoms with Crippen LogP contribution >= 0.6 is 0 Å². The molecule has 1 nitrogen and oxygen atoms in total. The van der Waals surface area contributed by atoms with Crippen LogP contribution in [0.1, 0.15) is 54.9 Å². The van der Waals surface area contributed by atoms with Crippen LogP contribution in [0, 0.1) is 6.92 Å². The average Bonchev–Trinajstić information content (AvgIpc) is 3.07. The lowest BCUT2D eigenvalue weighted by molar-refractivity contribution is 0.978. The van der Waals surface area contributed by atoms with Crippen LogP contribution in [0.25, 0.3) is 60.2 Å². The van der Waals surface area contributed by atoms with E-state index in [1.165, 1.54) is 88.0 Å². The summed E-state index contributed by atoms with van der Waals surface area (Å²) in [5.74, 6) is 0. The first kappa shape index (κ1) is 26.6. The fraction of sp³-hybridized carbons (Fsp3) is 0.140. The smallest absolute Gasteiger partial charge is 0.0346 e. The van der Waals surface area contributed by atoms with Gasteiger partial charge in [-0.3, -0.25) is 4.98 Å². The molecule has 212 valence electrons. The number of hydrogen-bond donors (Lipinski definition) is 0. The van der Waals surface area contributed by atoms with E-state index < -0.39 is 0 Å². The lowest BCUT2D eigenvalue weighted by atomic mass is 9.81. The number of benzene rings is 5. The second-order valence-electron chi connectivity index (χ2n) is 12.4. The quantitative estimate of drug-likeness (QED) is 0.194. The van der Waals surface area contributed by atoms with Gasteiger partial charge < -0.3 is 0 Å². The number of allylic oxidation sites excluding steroid dienone is 8.